The first kappa shape index (κ1) is 11.2. The highest BCUT2D eigenvalue weighted by Crippen LogP contribution is 2.03. The van der Waals surface area contributed by atoms with E-state index in [0.29, 0.717) is 6.54 Å². The Kier molecular flexibility index (Phi) is 6.04. The van der Waals surface area contributed by atoms with Crippen molar-refractivity contribution >= 4 is 0 Å². The molecule has 0 heterocycles. The average Bonchev–Trinajstić information content (AvgIpc) is 2.25. The molecule has 0 unspecified atom stereocenters. The lowest BCUT2D eigenvalue weighted by atomic mass is 10.1. The summed E-state index contributed by atoms with van der Waals surface area (Å²) in [6, 6.07) is 10.5. The van der Waals surface area contributed by atoms with Gasteiger partial charge in [-0.05, 0) is 31.4 Å². The van der Waals surface area contributed by atoms with E-state index >= 15 is 0 Å². The molecule has 0 bridgehead atoms. The molecule has 2 heteroatoms. The van der Waals surface area contributed by atoms with Gasteiger partial charge in [0.15, 0.2) is 0 Å². The van der Waals surface area contributed by atoms with E-state index in [-0.39, 0.29) is 6.61 Å². The van der Waals surface area contributed by atoms with Gasteiger partial charge in [-0.15, -0.1) is 0 Å². The van der Waals surface area contributed by atoms with Gasteiger partial charge in [-0.1, -0.05) is 30.3 Å². The van der Waals surface area contributed by atoms with Crippen LogP contribution in [-0.2, 0) is 6.42 Å². The molecule has 2 N–H and O–H groups in total. The molecule has 0 aliphatic carbocycles. The molecule has 0 fully saturated rings. The van der Waals surface area contributed by atoms with Crippen LogP contribution in [0.3, 0.4) is 0 Å². The summed E-state index contributed by atoms with van der Waals surface area (Å²) < 4.78 is 0. The largest absolute Gasteiger partial charge is 0.395 e. The maximum absolute atomic E-state index is 8.54. The van der Waals surface area contributed by atoms with E-state index in [1.165, 1.54) is 18.4 Å². The normalized spacial score (nSPS) is 10.4. The zero-order chi connectivity index (χ0) is 10.1. The molecule has 1 rings (SSSR count). The summed E-state index contributed by atoms with van der Waals surface area (Å²) in [5, 5.41) is 11.7. The van der Waals surface area contributed by atoms with E-state index in [2.05, 4.69) is 29.6 Å². The number of rotatable bonds is 7. The molecule has 2 nitrogen and oxygen atoms in total. The van der Waals surface area contributed by atoms with Crippen molar-refractivity contribution in [1.29, 1.82) is 0 Å². The molecule has 0 saturated carbocycles. The van der Waals surface area contributed by atoms with Crippen molar-refractivity contribution < 1.29 is 5.11 Å². The summed E-state index contributed by atoms with van der Waals surface area (Å²) in [6.07, 6.45) is 3.54. The molecule has 0 saturated heterocycles. The maximum Gasteiger partial charge on any atom is 0.0555 e. The van der Waals surface area contributed by atoms with Gasteiger partial charge in [0.1, 0.15) is 0 Å². The van der Waals surface area contributed by atoms with Crippen LogP contribution in [-0.4, -0.2) is 24.8 Å². The Labute approximate surface area is 86.0 Å². The number of nitrogens with one attached hydrogen (secondary N) is 1. The fourth-order valence-electron chi connectivity index (χ4n) is 1.43. The molecule has 0 radical (unpaired) electrons. The van der Waals surface area contributed by atoms with Crippen LogP contribution in [0.1, 0.15) is 18.4 Å². The summed E-state index contributed by atoms with van der Waals surface area (Å²) in [4.78, 5) is 0. The summed E-state index contributed by atoms with van der Waals surface area (Å²) in [6.45, 7) is 1.96. The first-order valence-electron chi connectivity index (χ1n) is 5.29. The number of aliphatic hydroxyl groups excluding tert-OH is 1. The number of unbranched alkanes of at least 4 members (excludes halogenated alkanes) is 1. The Balaban J connectivity index is 1.99. The summed E-state index contributed by atoms with van der Waals surface area (Å²) in [7, 11) is 0. The van der Waals surface area contributed by atoms with Crippen molar-refractivity contribution in [2.45, 2.75) is 19.3 Å². The van der Waals surface area contributed by atoms with Crippen molar-refractivity contribution in [3.8, 4) is 0 Å². The second-order valence-electron chi connectivity index (χ2n) is 3.42. The zero-order valence-corrected chi connectivity index (χ0v) is 8.58. The van der Waals surface area contributed by atoms with Crippen molar-refractivity contribution in [3.63, 3.8) is 0 Å². The van der Waals surface area contributed by atoms with E-state index in [9.17, 15) is 0 Å². The van der Waals surface area contributed by atoms with Gasteiger partial charge in [0.05, 0.1) is 6.61 Å². The number of benzene rings is 1. The third-order valence-corrected chi connectivity index (χ3v) is 2.20. The van der Waals surface area contributed by atoms with Crippen molar-refractivity contribution in [2.24, 2.45) is 0 Å². The van der Waals surface area contributed by atoms with Crippen LogP contribution in [0.15, 0.2) is 30.3 Å². The molecule has 78 valence electrons. The van der Waals surface area contributed by atoms with Crippen molar-refractivity contribution in [1.82, 2.24) is 5.32 Å². The van der Waals surface area contributed by atoms with Crippen molar-refractivity contribution in [2.75, 3.05) is 19.7 Å². The van der Waals surface area contributed by atoms with E-state index in [1.54, 1.807) is 0 Å². The van der Waals surface area contributed by atoms with Gasteiger partial charge < -0.3 is 10.4 Å². The lowest BCUT2D eigenvalue weighted by molar-refractivity contribution is 0.292. The van der Waals surface area contributed by atoms with Gasteiger partial charge in [0.25, 0.3) is 0 Å². The number of hydrogen-bond donors (Lipinski definition) is 2. The molecule has 1 aromatic rings. The third kappa shape index (κ3) is 5.00. The molecule has 14 heavy (non-hydrogen) atoms. The summed E-state index contributed by atoms with van der Waals surface area (Å²) >= 11 is 0. The van der Waals surface area contributed by atoms with E-state index < -0.39 is 0 Å². The van der Waals surface area contributed by atoms with Gasteiger partial charge >= 0.3 is 0 Å². The fraction of sp³-hybridized carbons (Fsp3) is 0.500. The number of aliphatic hydroxyl groups is 1. The molecule has 0 aliphatic heterocycles. The summed E-state index contributed by atoms with van der Waals surface area (Å²) in [5.74, 6) is 0. The van der Waals surface area contributed by atoms with Gasteiger partial charge in [0, 0.05) is 6.54 Å². The predicted molar refractivity (Wildman–Crippen MR) is 59.3 cm³/mol. The van der Waals surface area contributed by atoms with Crippen LogP contribution >= 0.6 is 0 Å². The zero-order valence-electron chi connectivity index (χ0n) is 8.58. The topological polar surface area (TPSA) is 32.3 Å². The SMILES string of the molecule is OCCNCCCCc1ccccc1. The molecule has 0 spiro atoms. The Morgan fingerprint density at radius 3 is 2.50 bits per heavy atom. The van der Waals surface area contributed by atoms with Gasteiger partial charge in [-0.25, -0.2) is 0 Å². The molecular weight excluding hydrogens is 174 g/mol. The summed E-state index contributed by atoms with van der Waals surface area (Å²) in [5.41, 5.74) is 1.41. The quantitative estimate of drug-likeness (QED) is 0.645. The maximum atomic E-state index is 8.54. The minimum absolute atomic E-state index is 0.235. The molecule has 0 aromatic heterocycles. The Bertz CT molecular complexity index is 223. The smallest absolute Gasteiger partial charge is 0.0555 e. The molecule has 0 aliphatic rings. The monoisotopic (exact) mass is 193 g/mol. The fourth-order valence-corrected chi connectivity index (χ4v) is 1.43. The lowest BCUT2D eigenvalue weighted by Crippen LogP contribution is -2.19. The van der Waals surface area contributed by atoms with Gasteiger partial charge in [-0.2, -0.15) is 0 Å². The highest BCUT2D eigenvalue weighted by molar-refractivity contribution is 5.14. The molecule has 0 amide bonds. The second kappa shape index (κ2) is 7.54. The van der Waals surface area contributed by atoms with E-state index in [1.807, 2.05) is 6.07 Å². The van der Waals surface area contributed by atoms with Gasteiger partial charge in [-0.3, -0.25) is 0 Å². The highest BCUT2D eigenvalue weighted by Gasteiger charge is 1.91. The lowest BCUT2D eigenvalue weighted by Gasteiger charge is -2.02. The standard InChI is InChI=1S/C12H19NO/c14-11-10-13-9-5-4-8-12-6-2-1-3-7-12/h1-3,6-7,13-14H,4-5,8-11H2. The Morgan fingerprint density at radius 2 is 1.79 bits per heavy atom. The van der Waals surface area contributed by atoms with Crippen LogP contribution in [0.4, 0.5) is 0 Å². The van der Waals surface area contributed by atoms with Crippen LogP contribution in [0.2, 0.25) is 0 Å². The highest BCUT2D eigenvalue weighted by atomic mass is 16.3. The Morgan fingerprint density at radius 1 is 1.00 bits per heavy atom. The van der Waals surface area contributed by atoms with Gasteiger partial charge in [0.2, 0.25) is 0 Å². The van der Waals surface area contributed by atoms with Crippen LogP contribution in [0, 0.1) is 0 Å². The second-order valence-corrected chi connectivity index (χ2v) is 3.42. The molecule has 0 atom stereocenters. The van der Waals surface area contributed by atoms with Crippen molar-refractivity contribution in [3.05, 3.63) is 35.9 Å². The first-order chi connectivity index (χ1) is 6.93. The van der Waals surface area contributed by atoms with E-state index in [4.69, 9.17) is 5.11 Å². The van der Waals surface area contributed by atoms with Crippen LogP contribution in [0.25, 0.3) is 0 Å². The third-order valence-electron chi connectivity index (χ3n) is 2.20. The minimum Gasteiger partial charge on any atom is -0.395 e. The van der Waals surface area contributed by atoms with E-state index in [0.717, 1.165) is 13.0 Å². The van der Waals surface area contributed by atoms with Crippen LogP contribution in [0.5, 0.6) is 0 Å². The predicted octanol–water partition coefficient (Wildman–Crippen LogP) is 1.59. The Hall–Kier alpha value is -0.860. The first-order valence-corrected chi connectivity index (χ1v) is 5.29. The molecular formula is C12H19NO. The average molecular weight is 193 g/mol. The number of aryl methyl sites for hydroxylation is 1. The minimum atomic E-state index is 0.235. The number of hydrogen-bond acceptors (Lipinski definition) is 2. The molecule has 1 aromatic carbocycles. The van der Waals surface area contributed by atoms with Crippen LogP contribution < -0.4 is 5.32 Å².